The van der Waals surface area contributed by atoms with E-state index in [-0.39, 0.29) is 11.8 Å². The predicted molar refractivity (Wildman–Crippen MR) is 80.7 cm³/mol. The molecule has 1 atom stereocenters. The molecule has 4 heteroatoms. The fourth-order valence-electron chi connectivity index (χ4n) is 3.23. The minimum absolute atomic E-state index is 0.134. The van der Waals surface area contributed by atoms with Crippen LogP contribution in [-0.2, 0) is 0 Å². The molecule has 0 aliphatic heterocycles. The smallest absolute Gasteiger partial charge is 0.387 e. The zero-order valence-corrected chi connectivity index (χ0v) is 12.9. The highest BCUT2D eigenvalue weighted by molar-refractivity contribution is 5.30. The highest BCUT2D eigenvalue weighted by Gasteiger charge is 2.31. The van der Waals surface area contributed by atoms with Crippen molar-refractivity contribution in [3.8, 4) is 5.75 Å². The molecule has 2 nitrogen and oxygen atoms in total. The van der Waals surface area contributed by atoms with Gasteiger partial charge in [0.05, 0.1) is 0 Å². The van der Waals surface area contributed by atoms with Crippen LogP contribution in [0, 0.1) is 5.41 Å². The second kappa shape index (κ2) is 7.21. The Labute approximate surface area is 125 Å². The predicted octanol–water partition coefficient (Wildman–Crippen LogP) is 4.91. The Morgan fingerprint density at radius 2 is 2.00 bits per heavy atom. The Morgan fingerprint density at radius 3 is 2.62 bits per heavy atom. The first-order valence-corrected chi connectivity index (χ1v) is 7.83. The molecule has 1 aromatic rings. The van der Waals surface area contributed by atoms with Crippen LogP contribution < -0.4 is 10.1 Å². The highest BCUT2D eigenvalue weighted by atomic mass is 19.3. The van der Waals surface area contributed by atoms with Gasteiger partial charge in [-0.15, -0.1) is 0 Å². The van der Waals surface area contributed by atoms with Gasteiger partial charge in [0.15, 0.2) is 0 Å². The molecule has 0 radical (unpaired) electrons. The molecule has 0 amide bonds. The van der Waals surface area contributed by atoms with Crippen molar-refractivity contribution in [1.82, 2.24) is 5.32 Å². The van der Waals surface area contributed by atoms with Crippen LogP contribution in [0.2, 0.25) is 0 Å². The van der Waals surface area contributed by atoms with Gasteiger partial charge in [-0.1, -0.05) is 31.9 Å². The van der Waals surface area contributed by atoms with Crippen molar-refractivity contribution in [3.05, 3.63) is 29.8 Å². The molecule has 1 aliphatic rings. The van der Waals surface area contributed by atoms with Crippen LogP contribution in [0.4, 0.5) is 8.78 Å². The minimum Gasteiger partial charge on any atom is -0.435 e. The largest absolute Gasteiger partial charge is 0.435 e. The van der Waals surface area contributed by atoms with Gasteiger partial charge in [0, 0.05) is 12.6 Å². The third kappa shape index (κ3) is 4.40. The standard InChI is InChI=1S/C17H25F2NO/c1-3-17(9-4-5-10-17)12-20-13(2)14-7-6-8-15(11-14)21-16(18)19/h6-8,11,13,16,20H,3-5,9-10,12H2,1-2H3. The Bertz CT molecular complexity index is 444. The number of benzene rings is 1. The Morgan fingerprint density at radius 1 is 1.29 bits per heavy atom. The lowest BCUT2D eigenvalue weighted by atomic mass is 9.83. The van der Waals surface area contributed by atoms with Crippen LogP contribution in [0.25, 0.3) is 0 Å². The number of rotatable bonds is 7. The van der Waals surface area contributed by atoms with E-state index in [2.05, 4.69) is 23.9 Å². The van der Waals surface area contributed by atoms with E-state index < -0.39 is 6.61 Å². The molecule has 21 heavy (non-hydrogen) atoms. The Balaban J connectivity index is 1.95. The summed E-state index contributed by atoms with van der Waals surface area (Å²) in [6, 6.07) is 7.10. The number of alkyl halides is 2. The van der Waals surface area contributed by atoms with Gasteiger partial charge in [-0.05, 0) is 49.3 Å². The summed E-state index contributed by atoms with van der Waals surface area (Å²) in [5, 5.41) is 3.57. The molecule has 118 valence electrons. The zero-order valence-electron chi connectivity index (χ0n) is 12.9. The van der Waals surface area contributed by atoms with Crippen molar-refractivity contribution >= 4 is 0 Å². The molecular weight excluding hydrogens is 272 g/mol. The molecule has 0 heterocycles. The fourth-order valence-corrected chi connectivity index (χ4v) is 3.23. The lowest BCUT2D eigenvalue weighted by Gasteiger charge is -2.30. The number of ether oxygens (including phenoxy) is 1. The van der Waals surface area contributed by atoms with Crippen LogP contribution in [0.5, 0.6) is 5.75 Å². The summed E-state index contributed by atoms with van der Waals surface area (Å²) in [5.74, 6) is 0.224. The van der Waals surface area contributed by atoms with Gasteiger partial charge < -0.3 is 10.1 Å². The second-order valence-corrected chi connectivity index (χ2v) is 6.11. The summed E-state index contributed by atoms with van der Waals surface area (Å²) in [4.78, 5) is 0. The Hall–Kier alpha value is -1.16. The van der Waals surface area contributed by atoms with E-state index in [0.29, 0.717) is 5.41 Å². The summed E-state index contributed by atoms with van der Waals surface area (Å²) in [7, 11) is 0. The maximum absolute atomic E-state index is 12.3. The SMILES string of the molecule is CCC1(CNC(C)c2cccc(OC(F)F)c2)CCCC1. The van der Waals surface area contributed by atoms with Gasteiger partial charge in [-0.2, -0.15) is 8.78 Å². The van der Waals surface area contributed by atoms with Crippen LogP contribution in [0.1, 0.15) is 57.6 Å². The summed E-state index contributed by atoms with van der Waals surface area (Å²) in [6.45, 7) is 2.55. The molecule has 0 spiro atoms. The van der Waals surface area contributed by atoms with Gasteiger partial charge in [0.1, 0.15) is 5.75 Å². The molecule has 0 saturated heterocycles. The van der Waals surface area contributed by atoms with Crippen LogP contribution in [-0.4, -0.2) is 13.2 Å². The zero-order chi connectivity index (χ0) is 15.3. The molecule has 1 unspecified atom stereocenters. The molecule has 1 saturated carbocycles. The van der Waals surface area contributed by atoms with E-state index in [0.717, 1.165) is 12.1 Å². The van der Waals surface area contributed by atoms with Gasteiger partial charge in [0.2, 0.25) is 0 Å². The number of hydrogen-bond donors (Lipinski definition) is 1. The summed E-state index contributed by atoms with van der Waals surface area (Å²) < 4.78 is 29.0. The van der Waals surface area contributed by atoms with Crippen LogP contribution in [0.15, 0.2) is 24.3 Å². The molecule has 1 N–H and O–H groups in total. The van der Waals surface area contributed by atoms with Crippen molar-refractivity contribution in [2.75, 3.05) is 6.54 Å². The molecule has 2 rings (SSSR count). The number of halogens is 2. The molecule has 1 aromatic carbocycles. The van der Waals surface area contributed by atoms with E-state index in [1.54, 1.807) is 18.2 Å². The third-order valence-corrected chi connectivity index (χ3v) is 4.78. The fraction of sp³-hybridized carbons (Fsp3) is 0.647. The monoisotopic (exact) mass is 297 g/mol. The van der Waals surface area contributed by atoms with Gasteiger partial charge >= 0.3 is 6.61 Å². The number of nitrogens with one attached hydrogen (secondary N) is 1. The first-order valence-electron chi connectivity index (χ1n) is 7.83. The minimum atomic E-state index is -2.77. The third-order valence-electron chi connectivity index (χ3n) is 4.78. The van der Waals surface area contributed by atoms with Crippen molar-refractivity contribution in [1.29, 1.82) is 0 Å². The molecule has 1 aliphatic carbocycles. The maximum Gasteiger partial charge on any atom is 0.387 e. The van der Waals surface area contributed by atoms with Gasteiger partial charge in [-0.3, -0.25) is 0 Å². The van der Waals surface area contributed by atoms with Crippen molar-refractivity contribution in [2.24, 2.45) is 5.41 Å². The van der Waals surface area contributed by atoms with Crippen molar-refractivity contribution in [3.63, 3.8) is 0 Å². The highest BCUT2D eigenvalue weighted by Crippen LogP contribution is 2.40. The van der Waals surface area contributed by atoms with Crippen molar-refractivity contribution < 1.29 is 13.5 Å². The van der Waals surface area contributed by atoms with Crippen molar-refractivity contribution in [2.45, 2.75) is 58.6 Å². The van der Waals surface area contributed by atoms with Gasteiger partial charge in [0.25, 0.3) is 0 Å². The summed E-state index contributed by atoms with van der Waals surface area (Å²) in [6.07, 6.45) is 6.42. The average molecular weight is 297 g/mol. The maximum atomic E-state index is 12.3. The first kappa shape index (κ1) is 16.2. The average Bonchev–Trinajstić information content (AvgIpc) is 2.94. The molecular formula is C17H25F2NO. The van der Waals surface area contributed by atoms with Crippen LogP contribution in [0.3, 0.4) is 0 Å². The Kier molecular flexibility index (Phi) is 5.57. The quantitative estimate of drug-likeness (QED) is 0.772. The number of hydrogen-bond acceptors (Lipinski definition) is 2. The lowest BCUT2D eigenvalue weighted by Crippen LogP contribution is -2.33. The van der Waals surface area contributed by atoms with Crippen LogP contribution >= 0.6 is 0 Å². The van der Waals surface area contributed by atoms with E-state index >= 15 is 0 Å². The molecule has 0 bridgehead atoms. The van der Waals surface area contributed by atoms with E-state index in [4.69, 9.17) is 0 Å². The molecule has 0 aromatic heterocycles. The summed E-state index contributed by atoms with van der Waals surface area (Å²) >= 11 is 0. The van der Waals surface area contributed by atoms with E-state index in [1.807, 2.05) is 6.07 Å². The topological polar surface area (TPSA) is 21.3 Å². The normalized spacial score (nSPS) is 18.9. The second-order valence-electron chi connectivity index (χ2n) is 6.11. The first-order chi connectivity index (χ1) is 10.0. The van der Waals surface area contributed by atoms with Gasteiger partial charge in [-0.25, -0.2) is 0 Å². The van der Waals surface area contributed by atoms with E-state index in [1.165, 1.54) is 32.1 Å². The van der Waals surface area contributed by atoms with E-state index in [9.17, 15) is 8.78 Å². The summed E-state index contributed by atoms with van der Waals surface area (Å²) in [5.41, 5.74) is 1.41. The lowest BCUT2D eigenvalue weighted by molar-refractivity contribution is -0.0499. The molecule has 1 fully saturated rings.